The smallest absolute Gasteiger partial charge is 0.0810 e. The van der Waals surface area contributed by atoms with Crippen molar-refractivity contribution in [1.82, 2.24) is 9.97 Å². The summed E-state index contributed by atoms with van der Waals surface area (Å²) >= 11 is 0. The molecule has 0 unspecified atom stereocenters. The van der Waals surface area contributed by atoms with Gasteiger partial charge in [0.15, 0.2) is 0 Å². The third-order valence-corrected chi connectivity index (χ3v) is 2.68. The zero-order chi connectivity index (χ0) is 14.2. The highest BCUT2D eigenvalue weighted by Crippen LogP contribution is 1.98. The Kier molecular flexibility index (Phi) is 5.12. The standard InChI is InChI=1S/C16H18N4/c1-13-3-5-19-15(9-13)11-17-7-8-18-12-16-10-14(2)4-6-20-16/h3-6,9-12H,7-8H2,1-2H3. The van der Waals surface area contributed by atoms with E-state index in [0.717, 1.165) is 11.4 Å². The van der Waals surface area contributed by atoms with Crippen LogP contribution in [0.4, 0.5) is 0 Å². The van der Waals surface area contributed by atoms with Crippen molar-refractivity contribution in [3.05, 3.63) is 59.2 Å². The maximum Gasteiger partial charge on any atom is 0.0810 e. The van der Waals surface area contributed by atoms with E-state index < -0.39 is 0 Å². The fourth-order valence-electron chi connectivity index (χ4n) is 1.69. The largest absolute Gasteiger partial charge is 0.289 e. The average molecular weight is 266 g/mol. The van der Waals surface area contributed by atoms with Crippen LogP contribution in [0.15, 0.2) is 46.6 Å². The minimum Gasteiger partial charge on any atom is -0.289 e. The van der Waals surface area contributed by atoms with Gasteiger partial charge in [-0.15, -0.1) is 0 Å². The molecule has 0 bridgehead atoms. The van der Waals surface area contributed by atoms with Crippen molar-refractivity contribution in [2.45, 2.75) is 13.8 Å². The van der Waals surface area contributed by atoms with E-state index >= 15 is 0 Å². The molecule has 20 heavy (non-hydrogen) atoms. The summed E-state index contributed by atoms with van der Waals surface area (Å²) in [7, 11) is 0. The number of pyridine rings is 2. The molecule has 4 nitrogen and oxygen atoms in total. The first-order chi connectivity index (χ1) is 9.74. The van der Waals surface area contributed by atoms with E-state index in [2.05, 4.69) is 20.0 Å². The molecule has 2 rings (SSSR count). The van der Waals surface area contributed by atoms with Gasteiger partial charge in [0, 0.05) is 24.8 Å². The van der Waals surface area contributed by atoms with Crippen molar-refractivity contribution in [2.75, 3.05) is 13.1 Å². The van der Waals surface area contributed by atoms with Crippen molar-refractivity contribution < 1.29 is 0 Å². The number of aromatic nitrogens is 2. The zero-order valence-electron chi connectivity index (χ0n) is 11.8. The number of hydrogen-bond acceptors (Lipinski definition) is 4. The molecular formula is C16H18N4. The molecule has 0 saturated heterocycles. The van der Waals surface area contributed by atoms with Crippen LogP contribution in [0, 0.1) is 13.8 Å². The first kappa shape index (κ1) is 14.1. The molecular weight excluding hydrogens is 248 g/mol. The van der Waals surface area contributed by atoms with Gasteiger partial charge >= 0.3 is 0 Å². The van der Waals surface area contributed by atoms with Crippen molar-refractivity contribution in [2.24, 2.45) is 9.98 Å². The van der Waals surface area contributed by atoms with Crippen LogP contribution < -0.4 is 0 Å². The van der Waals surface area contributed by atoms with Gasteiger partial charge in [-0.3, -0.25) is 20.0 Å². The molecule has 0 aliphatic carbocycles. The third kappa shape index (κ3) is 4.72. The van der Waals surface area contributed by atoms with Crippen LogP contribution in [0.3, 0.4) is 0 Å². The van der Waals surface area contributed by atoms with E-state index in [1.165, 1.54) is 11.1 Å². The zero-order valence-corrected chi connectivity index (χ0v) is 11.8. The minimum atomic E-state index is 0.651. The van der Waals surface area contributed by atoms with E-state index in [4.69, 9.17) is 0 Å². The lowest BCUT2D eigenvalue weighted by atomic mass is 10.2. The van der Waals surface area contributed by atoms with Crippen molar-refractivity contribution in [3.8, 4) is 0 Å². The van der Waals surface area contributed by atoms with Crippen LogP contribution in [0.2, 0.25) is 0 Å². The second-order valence-corrected chi connectivity index (χ2v) is 4.59. The monoisotopic (exact) mass is 266 g/mol. The van der Waals surface area contributed by atoms with Crippen LogP contribution in [-0.2, 0) is 0 Å². The van der Waals surface area contributed by atoms with Gasteiger partial charge in [0.1, 0.15) is 0 Å². The Morgan fingerprint density at radius 2 is 1.30 bits per heavy atom. The molecule has 102 valence electrons. The Hall–Kier alpha value is -2.36. The van der Waals surface area contributed by atoms with E-state index in [0.29, 0.717) is 13.1 Å². The lowest BCUT2D eigenvalue weighted by Gasteiger charge is -1.95. The number of aliphatic imine (C=N–C) groups is 2. The molecule has 0 spiro atoms. The number of nitrogens with zero attached hydrogens (tertiary/aromatic N) is 4. The number of hydrogen-bond donors (Lipinski definition) is 0. The molecule has 0 N–H and O–H groups in total. The molecule has 0 atom stereocenters. The van der Waals surface area contributed by atoms with Gasteiger partial charge in [-0.25, -0.2) is 0 Å². The van der Waals surface area contributed by atoms with Crippen LogP contribution in [-0.4, -0.2) is 35.5 Å². The molecule has 4 heteroatoms. The predicted octanol–water partition coefficient (Wildman–Crippen LogP) is 2.63. The van der Waals surface area contributed by atoms with Gasteiger partial charge in [-0.05, 0) is 49.2 Å². The summed E-state index contributed by atoms with van der Waals surface area (Å²) in [5, 5.41) is 0. The van der Waals surface area contributed by atoms with Gasteiger partial charge in [0.2, 0.25) is 0 Å². The van der Waals surface area contributed by atoms with E-state index in [-0.39, 0.29) is 0 Å². The van der Waals surface area contributed by atoms with Crippen LogP contribution in [0.25, 0.3) is 0 Å². The fourth-order valence-corrected chi connectivity index (χ4v) is 1.69. The van der Waals surface area contributed by atoms with Crippen molar-refractivity contribution in [3.63, 3.8) is 0 Å². The van der Waals surface area contributed by atoms with Gasteiger partial charge in [-0.1, -0.05) is 0 Å². The molecule has 0 aliphatic heterocycles. The maximum atomic E-state index is 4.31. The Morgan fingerprint density at radius 3 is 1.70 bits per heavy atom. The molecule has 0 amide bonds. The Balaban J connectivity index is 1.79. The first-order valence-corrected chi connectivity index (χ1v) is 6.59. The quantitative estimate of drug-likeness (QED) is 0.617. The Labute approximate surface area is 119 Å². The maximum absolute atomic E-state index is 4.31. The van der Waals surface area contributed by atoms with Gasteiger partial charge in [0.25, 0.3) is 0 Å². The highest BCUT2D eigenvalue weighted by Gasteiger charge is 1.90. The first-order valence-electron chi connectivity index (χ1n) is 6.59. The number of aryl methyl sites for hydroxylation is 2. The van der Waals surface area contributed by atoms with E-state index in [1.54, 1.807) is 24.8 Å². The Morgan fingerprint density at radius 1 is 0.850 bits per heavy atom. The van der Waals surface area contributed by atoms with E-state index in [1.807, 2.05) is 38.1 Å². The summed E-state index contributed by atoms with van der Waals surface area (Å²) in [6, 6.07) is 7.94. The molecule has 2 aromatic rings. The van der Waals surface area contributed by atoms with Gasteiger partial charge in [0.05, 0.1) is 24.5 Å². The topological polar surface area (TPSA) is 50.5 Å². The molecule has 0 fully saturated rings. The summed E-state index contributed by atoms with van der Waals surface area (Å²) in [5.41, 5.74) is 4.14. The SMILES string of the molecule is Cc1ccnc(C=NCCN=Cc2cc(C)ccn2)c1. The molecule has 0 aromatic carbocycles. The van der Waals surface area contributed by atoms with Crippen LogP contribution in [0.5, 0.6) is 0 Å². The number of rotatable bonds is 5. The molecule has 0 aliphatic rings. The lowest BCUT2D eigenvalue weighted by Crippen LogP contribution is -1.93. The summed E-state index contributed by atoms with van der Waals surface area (Å²) in [5.74, 6) is 0. The molecule has 0 radical (unpaired) electrons. The fraction of sp³-hybridized carbons (Fsp3) is 0.250. The summed E-state index contributed by atoms with van der Waals surface area (Å²) < 4.78 is 0. The van der Waals surface area contributed by atoms with Crippen molar-refractivity contribution >= 4 is 12.4 Å². The third-order valence-electron chi connectivity index (χ3n) is 2.68. The summed E-state index contributed by atoms with van der Waals surface area (Å²) in [4.78, 5) is 17.1. The second kappa shape index (κ2) is 7.28. The summed E-state index contributed by atoms with van der Waals surface area (Å²) in [6.07, 6.45) is 7.15. The average Bonchev–Trinajstić information content (AvgIpc) is 2.43. The predicted molar refractivity (Wildman–Crippen MR) is 82.9 cm³/mol. The Bertz CT molecular complexity index is 562. The minimum absolute atomic E-state index is 0.651. The molecule has 0 saturated carbocycles. The van der Waals surface area contributed by atoms with Crippen LogP contribution >= 0.6 is 0 Å². The highest BCUT2D eigenvalue weighted by atomic mass is 14.8. The highest BCUT2D eigenvalue weighted by molar-refractivity contribution is 5.77. The van der Waals surface area contributed by atoms with Gasteiger partial charge in [-0.2, -0.15) is 0 Å². The second-order valence-electron chi connectivity index (χ2n) is 4.59. The van der Waals surface area contributed by atoms with Crippen LogP contribution in [0.1, 0.15) is 22.5 Å². The van der Waals surface area contributed by atoms with Gasteiger partial charge < -0.3 is 0 Å². The van der Waals surface area contributed by atoms with Crippen molar-refractivity contribution in [1.29, 1.82) is 0 Å². The normalized spacial score (nSPS) is 11.5. The lowest BCUT2D eigenvalue weighted by molar-refractivity contribution is 0.982. The summed E-state index contributed by atoms with van der Waals surface area (Å²) in [6.45, 7) is 5.38. The molecule has 2 heterocycles. The molecule has 2 aromatic heterocycles. The van der Waals surface area contributed by atoms with E-state index in [9.17, 15) is 0 Å².